The van der Waals surface area contributed by atoms with Crippen molar-refractivity contribution in [3.05, 3.63) is 114 Å². The van der Waals surface area contributed by atoms with Gasteiger partial charge in [0.05, 0.1) is 30.7 Å². The molecule has 0 aliphatic carbocycles. The molecule has 6 nitrogen and oxygen atoms in total. The fourth-order valence-corrected chi connectivity index (χ4v) is 6.42. The van der Waals surface area contributed by atoms with E-state index in [-0.39, 0.29) is 17.6 Å². The summed E-state index contributed by atoms with van der Waals surface area (Å²) in [5, 5.41) is 1.77. The molecule has 6 heteroatoms. The SMILES string of the molecule is COc1ccc(C(=O)[C@@H]2[C@@H]3C(=O)N(c4cccc5ccccc45)C(=O)[C@@H]3[C@H]3c4ccccc4C=CN23)cc1. The van der Waals surface area contributed by atoms with E-state index in [0.29, 0.717) is 17.0 Å². The number of imide groups is 1. The summed E-state index contributed by atoms with van der Waals surface area (Å²) in [6.07, 6.45) is 3.83. The molecule has 3 aliphatic rings. The number of amides is 2. The summed E-state index contributed by atoms with van der Waals surface area (Å²) in [4.78, 5) is 45.8. The van der Waals surface area contributed by atoms with Crippen LogP contribution >= 0.6 is 0 Å². The van der Waals surface area contributed by atoms with E-state index in [1.54, 1.807) is 31.4 Å². The second-order valence-electron chi connectivity index (χ2n) is 9.94. The van der Waals surface area contributed by atoms with E-state index in [2.05, 4.69) is 0 Å². The summed E-state index contributed by atoms with van der Waals surface area (Å²) in [5.74, 6) is -1.62. The maximum Gasteiger partial charge on any atom is 0.240 e. The maximum absolute atomic E-state index is 14.2. The van der Waals surface area contributed by atoms with E-state index >= 15 is 0 Å². The Bertz CT molecular complexity index is 1650. The van der Waals surface area contributed by atoms with Crippen molar-refractivity contribution in [2.24, 2.45) is 11.8 Å². The van der Waals surface area contributed by atoms with E-state index in [0.717, 1.165) is 21.9 Å². The predicted molar refractivity (Wildman–Crippen MR) is 145 cm³/mol. The Labute approximate surface area is 219 Å². The second kappa shape index (κ2) is 8.42. The summed E-state index contributed by atoms with van der Waals surface area (Å²) < 4.78 is 5.26. The average molecular weight is 501 g/mol. The van der Waals surface area contributed by atoms with E-state index in [9.17, 15) is 14.4 Å². The van der Waals surface area contributed by atoms with E-state index < -0.39 is 23.9 Å². The molecule has 0 radical (unpaired) electrons. The van der Waals surface area contributed by atoms with E-state index in [1.807, 2.05) is 83.9 Å². The van der Waals surface area contributed by atoms with Crippen LogP contribution in [0.2, 0.25) is 0 Å². The van der Waals surface area contributed by atoms with Gasteiger partial charge in [-0.1, -0.05) is 60.7 Å². The van der Waals surface area contributed by atoms with Crippen molar-refractivity contribution in [3.8, 4) is 5.75 Å². The van der Waals surface area contributed by atoms with Crippen molar-refractivity contribution in [2.45, 2.75) is 12.1 Å². The first-order chi connectivity index (χ1) is 18.6. The molecule has 0 spiro atoms. The van der Waals surface area contributed by atoms with Crippen LogP contribution in [0, 0.1) is 11.8 Å². The van der Waals surface area contributed by atoms with Gasteiger partial charge in [0.25, 0.3) is 0 Å². The molecule has 186 valence electrons. The Kier molecular flexibility index (Phi) is 4.98. The molecule has 4 aromatic carbocycles. The zero-order valence-electron chi connectivity index (χ0n) is 20.7. The number of rotatable bonds is 4. The Hall–Kier alpha value is -4.71. The number of ketones is 1. The summed E-state index contributed by atoms with van der Waals surface area (Å²) in [5.41, 5.74) is 2.99. The predicted octanol–water partition coefficient (Wildman–Crippen LogP) is 5.25. The number of fused-ring (bicyclic) bond motifs is 6. The number of Topliss-reactive ketones (excluding diaryl/α,β-unsaturated/α-hetero) is 1. The molecule has 4 aromatic rings. The Morgan fingerprint density at radius 1 is 0.789 bits per heavy atom. The molecule has 0 N–H and O–H groups in total. The van der Waals surface area contributed by atoms with Crippen LogP contribution in [0.25, 0.3) is 16.8 Å². The Morgan fingerprint density at radius 2 is 1.50 bits per heavy atom. The number of hydrogen-bond donors (Lipinski definition) is 0. The van der Waals surface area contributed by atoms with Crippen LogP contribution < -0.4 is 9.64 Å². The number of ether oxygens (including phenoxy) is 1. The van der Waals surface area contributed by atoms with Crippen LogP contribution in [-0.2, 0) is 9.59 Å². The highest BCUT2D eigenvalue weighted by Gasteiger charge is 2.64. The molecule has 4 atom stereocenters. The van der Waals surface area contributed by atoms with Gasteiger partial charge in [-0.05, 0) is 52.9 Å². The minimum atomic E-state index is -0.808. The maximum atomic E-state index is 14.2. The largest absolute Gasteiger partial charge is 0.497 e. The molecule has 7 rings (SSSR count). The lowest BCUT2D eigenvalue weighted by atomic mass is 9.83. The third-order valence-corrected chi connectivity index (χ3v) is 8.11. The highest BCUT2D eigenvalue weighted by atomic mass is 16.5. The number of carbonyl (C=O) groups is 3. The molecular formula is C32H24N2O4. The van der Waals surface area contributed by atoms with Crippen LogP contribution in [0.5, 0.6) is 5.75 Å². The van der Waals surface area contributed by atoms with Gasteiger partial charge in [-0.15, -0.1) is 0 Å². The molecule has 0 aromatic heterocycles. The van der Waals surface area contributed by atoms with Gasteiger partial charge in [0.2, 0.25) is 11.8 Å². The normalized spacial score (nSPS) is 23.4. The van der Waals surface area contributed by atoms with Crippen LogP contribution in [0.4, 0.5) is 5.69 Å². The molecule has 0 bridgehead atoms. The van der Waals surface area contributed by atoms with Crippen molar-refractivity contribution in [2.75, 3.05) is 12.0 Å². The summed E-state index contributed by atoms with van der Waals surface area (Å²) >= 11 is 0. The fraction of sp³-hybridized carbons (Fsp3) is 0.156. The van der Waals surface area contributed by atoms with Crippen molar-refractivity contribution in [1.82, 2.24) is 4.90 Å². The molecule has 38 heavy (non-hydrogen) atoms. The van der Waals surface area contributed by atoms with E-state index in [1.165, 1.54) is 4.90 Å². The highest BCUT2D eigenvalue weighted by Crippen LogP contribution is 2.54. The minimum absolute atomic E-state index is 0.185. The highest BCUT2D eigenvalue weighted by molar-refractivity contribution is 6.27. The third kappa shape index (κ3) is 3.10. The van der Waals surface area contributed by atoms with Crippen molar-refractivity contribution < 1.29 is 19.1 Å². The molecule has 2 saturated heterocycles. The lowest BCUT2D eigenvalue weighted by molar-refractivity contribution is -0.123. The lowest BCUT2D eigenvalue weighted by Gasteiger charge is -2.35. The zero-order valence-corrected chi connectivity index (χ0v) is 20.7. The van der Waals surface area contributed by atoms with Gasteiger partial charge in [0.1, 0.15) is 11.8 Å². The zero-order chi connectivity index (χ0) is 26.0. The van der Waals surface area contributed by atoms with Gasteiger partial charge in [0, 0.05) is 17.1 Å². The van der Waals surface area contributed by atoms with Gasteiger partial charge in [-0.25, -0.2) is 4.90 Å². The summed E-state index contributed by atoms with van der Waals surface area (Å²) in [6.45, 7) is 0. The Balaban J connectivity index is 1.38. The molecule has 3 heterocycles. The number of nitrogens with zero attached hydrogens (tertiary/aromatic N) is 2. The Morgan fingerprint density at radius 3 is 2.32 bits per heavy atom. The van der Waals surface area contributed by atoms with Crippen LogP contribution in [0.15, 0.2) is 97.2 Å². The summed E-state index contributed by atoms with van der Waals surface area (Å²) in [7, 11) is 1.57. The number of methoxy groups -OCH3 is 1. The molecule has 0 saturated carbocycles. The molecule has 0 unspecified atom stereocenters. The number of hydrogen-bond acceptors (Lipinski definition) is 5. The smallest absolute Gasteiger partial charge is 0.240 e. The summed E-state index contributed by atoms with van der Waals surface area (Å²) in [6, 6.07) is 26.9. The third-order valence-electron chi connectivity index (χ3n) is 8.11. The van der Waals surface area contributed by atoms with Gasteiger partial charge >= 0.3 is 0 Å². The van der Waals surface area contributed by atoms with Gasteiger partial charge in [-0.2, -0.15) is 0 Å². The number of carbonyl (C=O) groups excluding carboxylic acids is 3. The number of benzene rings is 4. The van der Waals surface area contributed by atoms with Crippen molar-refractivity contribution in [1.29, 1.82) is 0 Å². The van der Waals surface area contributed by atoms with Gasteiger partial charge in [-0.3, -0.25) is 14.4 Å². The van der Waals surface area contributed by atoms with Crippen molar-refractivity contribution >= 4 is 40.1 Å². The fourth-order valence-electron chi connectivity index (χ4n) is 6.42. The minimum Gasteiger partial charge on any atom is -0.497 e. The first-order valence-electron chi connectivity index (χ1n) is 12.7. The van der Waals surface area contributed by atoms with Crippen LogP contribution in [-0.4, -0.2) is 35.6 Å². The molecular weight excluding hydrogens is 476 g/mol. The van der Waals surface area contributed by atoms with Gasteiger partial charge in [0.15, 0.2) is 5.78 Å². The number of anilines is 1. The van der Waals surface area contributed by atoms with Crippen LogP contribution in [0.1, 0.15) is 27.5 Å². The average Bonchev–Trinajstić information content (AvgIpc) is 3.44. The van der Waals surface area contributed by atoms with Gasteiger partial charge < -0.3 is 9.64 Å². The molecule has 2 amide bonds. The quantitative estimate of drug-likeness (QED) is 0.283. The first-order valence-corrected chi connectivity index (χ1v) is 12.7. The second-order valence-corrected chi connectivity index (χ2v) is 9.94. The topological polar surface area (TPSA) is 66.9 Å². The van der Waals surface area contributed by atoms with Crippen molar-refractivity contribution in [3.63, 3.8) is 0 Å². The first kappa shape index (κ1) is 22.5. The standard InChI is InChI=1S/C32H24N2O4/c1-38-22-15-13-21(14-16-22)30(35)29-27-26(28-24-11-5-3-8-20(24)17-18-33(28)29)31(36)34(32(27)37)25-12-6-9-19-7-2-4-10-23(19)25/h2-18,26-29H,1H3/t26-,27+,28+,29-/m0/s1. The van der Waals surface area contributed by atoms with Crippen LogP contribution in [0.3, 0.4) is 0 Å². The molecule has 3 aliphatic heterocycles. The molecule has 2 fully saturated rings. The lowest BCUT2D eigenvalue weighted by Crippen LogP contribution is -2.44. The van der Waals surface area contributed by atoms with E-state index in [4.69, 9.17) is 4.74 Å². The monoisotopic (exact) mass is 500 g/mol.